The summed E-state index contributed by atoms with van der Waals surface area (Å²) in [5.74, 6) is -0.594. The number of carbonyl (C=O) groups excluding carboxylic acids is 1. The zero-order valence-electron chi connectivity index (χ0n) is 9.00. The van der Waals surface area contributed by atoms with Gasteiger partial charge in [-0.15, -0.1) is 0 Å². The van der Waals surface area contributed by atoms with E-state index in [-0.39, 0.29) is 17.9 Å². The summed E-state index contributed by atoms with van der Waals surface area (Å²) in [6, 6.07) is 4.21. The molecule has 0 fully saturated rings. The van der Waals surface area contributed by atoms with Crippen molar-refractivity contribution in [1.82, 2.24) is 0 Å². The van der Waals surface area contributed by atoms with E-state index in [1.165, 1.54) is 12.1 Å². The van der Waals surface area contributed by atoms with Crippen LogP contribution in [0.3, 0.4) is 0 Å². The van der Waals surface area contributed by atoms with Crippen LogP contribution in [0.2, 0.25) is 0 Å². The zero-order chi connectivity index (χ0) is 12.1. The molecule has 0 spiro atoms. The summed E-state index contributed by atoms with van der Waals surface area (Å²) in [4.78, 5) is 11.4. The molecule has 0 saturated heterocycles. The molecule has 1 aromatic carbocycles. The summed E-state index contributed by atoms with van der Waals surface area (Å²) in [5.41, 5.74) is 0.860. The van der Waals surface area contributed by atoms with E-state index in [0.717, 1.165) is 0 Å². The van der Waals surface area contributed by atoms with Gasteiger partial charge < -0.3 is 9.47 Å². The summed E-state index contributed by atoms with van der Waals surface area (Å²) in [5, 5.41) is 0. The number of aryl methyl sites for hydroxylation is 1. The van der Waals surface area contributed by atoms with Gasteiger partial charge in [-0.2, -0.15) is 8.78 Å². The lowest BCUT2D eigenvalue weighted by atomic mass is 10.1. The van der Waals surface area contributed by atoms with Gasteiger partial charge in [0.25, 0.3) is 0 Å². The maximum Gasteiger partial charge on any atom is 0.387 e. The molecular formula is C11H12F2O3. The Morgan fingerprint density at radius 2 is 2.06 bits per heavy atom. The molecule has 0 aromatic heterocycles. The predicted molar refractivity (Wildman–Crippen MR) is 53.8 cm³/mol. The quantitative estimate of drug-likeness (QED) is 0.746. The van der Waals surface area contributed by atoms with Crippen LogP contribution >= 0.6 is 0 Å². The predicted octanol–water partition coefficient (Wildman–Crippen LogP) is 2.77. The average molecular weight is 230 g/mol. The standard InChI is InChI=1S/C11H12F2O3/c1-3-15-10(14)8-4-7(2)5-9(6-8)16-11(12)13/h4-6,11H,3H2,1-2H3. The lowest BCUT2D eigenvalue weighted by molar-refractivity contribution is -0.0499. The Morgan fingerprint density at radius 1 is 1.38 bits per heavy atom. The van der Waals surface area contributed by atoms with Gasteiger partial charge in [0.2, 0.25) is 0 Å². The van der Waals surface area contributed by atoms with Gasteiger partial charge in [0, 0.05) is 0 Å². The van der Waals surface area contributed by atoms with Crippen LogP contribution in [-0.2, 0) is 4.74 Å². The number of benzene rings is 1. The molecule has 0 amide bonds. The number of ether oxygens (including phenoxy) is 2. The van der Waals surface area contributed by atoms with Gasteiger partial charge >= 0.3 is 12.6 Å². The molecule has 1 aromatic rings. The summed E-state index contributed by atoms with van der Waals surface area (Å²) in [6.45, 7) is 0.681. The number of alkyl halides is 2. The first-order valence-electron chi connectivity index (χ1n) is 4.76. The van der Waals surface area contributed by atoms with Crippen molar-refractivity contribution in [3.05, 3.63) is 29.3 Å². The molecule has 0 radical (unpaired) electrons. The normalized spacial score (nSPS) is 10.3. The first-order chi connectivity index (χ1) is 7.52. The van der Waals surface area contributed by atoms with Crippen molar-refractivity contribution in [2.75, 3.05) is 6.61 Å². The number of halogens is 2. The number of hydrogen-bond acceptors (Lipinski definition) is 3. The lowest BCUT2D eigenvalue weighted by Crippen LogP contribution is -2.07. The first-order valence-corrected chi connectivity index (χ1v) is 4.76. The van der Waals surface area contributed by atoms with E-state index < -0.39 is 12.6 Å². The third-order valence-electron chi connectivity index (χ3n) is 1.79. The van der Waals surface area contributed by atoms with Crippen molar-refractivity contribution >= 4 is 5.97 Å². The molecule has 3 nitrogen and oxygen atoms in total. The second-order valence-electron chi connectivity index (χ2n) is 3.13. The third kappa shape index (κ3) is 3.49. The SMILES string of the molecule is CCOC(=O)c1cc(C)cc(OC(F)F)c1. The van der Waals surface area contributed by atoms with Crippen molar-refractivity contribution in [1.29, 1.82) is 0 Å². The van der Waals surface area contributed by atoms with Crippen LogP contribution in [0.1, 0.15) is 22.8 Å². The summed E-state index contributed by atoms with van der Waals surface area (Å²) in [6.07, 6.45) is 0. The maximum absolute atomic E-state index is 12.0. The Bertz CT molecular complexity index is 377. The number of hydrogen-bond donors (Lipinski definition) is 0. The van der Waals surface area contributed by atoms with Gasteiger partial charge in [0.1, 0.15) is 5.75 Å². The topological polar surface area (TPSA) is 35.5 Å². The van der Waals surface area contributed by atoms with Crippen LogP contribution in [0.25, 0.3) is 0 Å². The van der Waals surface area contributed by atoms with E-state index in [0.29, 0.717) is 5.56 Å². The molecule has 0 aliphatic heterocycles. The molecule has 0 aliphatic rings. The van der Waals surface area contributed by atoms with Crippen LogP contribution in [0.5, 0.6) is 5.75 Å². The van der Waals surface area contributed by atoms with E-state index in [9.17, 15) is 13.6 Å². The fourth-order valence-electron chi connectivity index (χ4n) is 1.25. The van der Waals surface area contributed by atoms with Crippen LogP contribution < -0.4 is 4.74 Å². The number of carbonyl (C=O) groups is 1. The van der Waals surface area contributed by atoms with Gasteiger partial charge in [-0.05, 0) is 37.6 Å². The molecule has 16 heavy (non-hydrogen) atoms. The van der Waals surface area contributed by atoms with Gasteiger partial charge in [0.05, 0.1) is 12.2 Å². The van der Waals surface area contributed by atoms with Crippen LogP contribution in [-0.4, -0.2) is 19.2 Å². The van der Waals surface area contributed by atoms with E-state index in [1.807, 2.05) is 0 Å². The largest absolute Gasteiger partial charge is 0.462 e. The summed E-state index contributed by atoms with van der Waals surface area (Å²) < 4.78 is 33.0. The molecule has 0 N–H and O–H groups in total. The van der Waals surface area contributed by atoms with Crippen molar-refractivity contribution in [2.24, 2.45) is 0 Å². The van der Waals surface area contributed by atoms with Crippen LogP contribution in [0.15, 0.2) is 18.2 Å². The minimum absolute atomic E-state index is 0.0435. The fourth-order valence-corrected chi connectivity index (χ4v) is 1.25. The molecule has 1 rings (SSSR count). The Kier molecular flexibility index (Phi) is 4.22. The molecule has 5 heteroatoms. The smallest absolute Gasteiger partial charge is 0.387 e. The van der Waals surface area contributed by atoms with Gasteiger partial charge in [0.15, 0.2) is 0 Å². The van der Waals surface area contributed by atoms with Gasteiger partial charge in [-0.3, -0.25) is 0 Å². The molecule has 0 bridgehead atoms. The highest BCUT2D eigenvalue weighted by Crippen LogP contribution is 2.19. The molecule has 88 valence electrons. The van der Waals surface area contributed by atoms with Crippen LogP contribution in [0, 0.1) is 6.92 Å². The van der Waals surface area contributed by atoms with E-state index in [2.05, 4.69) is 4.74 Å². The Hall–Kier alpha value is -1.65. The molecule has 0 saturated carbocycles. The third-order valence-corrected chi connectivity index (χ3v) is 1.79. The van der Waals surface area contributed by atoms with Crippen molar-refractivity contribution in [3.8, 4) is 5.75 Å². The zero-order valence-corrected chi connectivity index (χ0v) is 9.00. The number of rotatable bonds is 4. The molecule has 0 unspecified atom stereocenters. The minimum atomic E-state index is -2.91. The molecule has 0 heterocycles. The maximum atomic E-state index is 12.0. The highest BCUT2D eigenvalue weighted by molar-refractivity contribution is 5.90. The Balaban J connectivity index is 2.93. The summed E-state index contributed by atoms with van der Waals surface area (Å²) in [7, 11) is 0. The van der Waals surface area contributed by atoms with E-state index >= 15 is 0 Å². The highest BCUT2D eigenvalue weighted by Gasteiger charge is 2.11. The van der Waals surface area contributed by atoms with Gasteiger partial charge in [-0.1, -0.05) is 0 Å². The lowest BCUT2D eigenvalue weighted by Gasteiger charge is -2.08. The highest BCUT2D eigenvalue weighted by atomic mass is 19.3. The van der Waals surface area contributed by atoms with E-state index in [1.54, 1.807) is 19.9 Å². The Morgan fingerprint density at radius 3 is 2.62 bits per heavy atom. The monoisotopic (exact) mass is 230 g/mol. The van der Waals surface area contributed by atoms with Gasteiger partial charge in [-0.25, -0.2) is 4.79 Å². The fraction of sp³-hybridized carbons (Fsp3) is 0.364. The van der Waals surface area contributed by atoms with E-state index in [4.69, 9.17) is 4.74 Å². The number of esters is 1. The second kappa shape index (κ2) is 5.44. The van der Waals surface area contributed by atoms with Crippen molar-refractivity contribution < 1.29 is 23.0 Å². The molecule has 0 aliphatic carbocycles. The minimum Gasteiger partial charge on any atom is -0.462 e. The molecular weight excluding hydrogens is 218 g/mol. The van der Waals surface area contributed by atoms with Crippen molar-refractivity contribution in [3.63, 3.8) is 0 Å². The molecule has 0 atom stereocenters. The average Bonchev–Trinajstić information content (AvgIpc) is 2.15. The summed E-state index contributed by atoms with van der Waals surface area (Å²) >= 11 is 0. The second-order valence-corrected chi connectivity index (χ2v) is 3.13. The van der Waals surface area contributed by atoms with Crippen molar-refractivity contribution in [2.45, 2.75) is 20.5 Å². The van der Waals surface area contributed by atoms with Crippen LogP contribution in [0.4, 0.5) is 8.78 Å². The first kappa shape index (κ1) is 12.4. The Labute approximate surface area is 92.0 Å².